The number of alkyl halides is 3. The number of piperidine rings is 1. The first-order chi connectivity index (χ1) is 8.36. The molecule has 0 radical (unpaired) electrons. The van der Waals surface area contributed by atoms with Crippen LogP contribution in [0.4, 0.5) is 13.2 Å². The lowest BCUT2D eigenvalue weighted by atomic mass is 9.96. The van der Waals surface area contributed by atoms with Gasteiger partial charge in [-0.05, 0) is 26.3 Å². The van der Waals surface area contributed by atoms with E-state index in [1.54, 1.807) is 17.9 Å². The summed E-state index contributed by atoms with van der Waals surface area (Å²) in [6, 6.07) is -0.532. The van der Waals surface area contributed by atoms with E-state index in [-0.39, 0.29) is 18.9 Å². The number of halogens is 3. The van der Waals surface area contributed by atoms with Crippen molar-refractivity contribution in [2.75, 3.05) is 19.6 Å². The maximum absolute atomic E-state index is 12.6. The molecule has 0 unspecified atom stereocenters. The molecule has 2 atom stereocenters. The zero-order chi connectivity index (χ0) is 13.8. The van der Waals surface area contributed by atoms with Gasteiger partial charge < -0.3 is 5.32 Å². The van der Waals surface area contributed by atoms with Gasteiger partial charge in [0.15, 0.2) is 0 Å². The Morgan fingerprint density at radius 1 is 1.61 bits per heavy atom. The van der Waals surface area contributed by atoms with E-state index in [9.17, 15) is 18.0 Å². The van der Waals surface area contributed by atoms with Gasteiger partial charge in [0.25, 0.3) is 0 Å². The van der Waals surface area contributed by atoms with E-state index in [1.807, 2.05) is 0 Å². The van der Waals surface area contributed by atoms with Crippen LogP contribution in [0.15, 0.2) is 12.7 Å². The summed E-state index contributed by atoms with van der Waals surface area (Å²) in [5, 5.41) is 2.60. The molecule has 0 aliphatic carbocycles. The highest BCUT2D eigenvalue weighted by molar-refractivity contribution is 5.81. The quantitative estimate of drug-likeness (QED) is 0.787. The van der Waals surface area contributed by atoms with E-state index in [4.69, 9.17) is 0 Å². The van der Waals surface area contributed by atoms with Crippen LogP contribution in [-0.2, 0) is 4.79 Å². The molecule has 3 nitrogen and oxygen atoms in total. The average Bonchev–Trinajstić information content (AvgIpc) is 2.34. The Morgan fingerprint density at radius 3 is 2.83 bits per heavy atom. The smallest absolute Gasteiger partial charge is 0.351 e. The van der Waals surface area contributed by atoms with Crippen LogP contribution in [0.2, 0.25) is 0 Å². The van der Waals surface area contributed by atoms with Crippen molar-refractivity contribution in [1.82, 2.24) is 10.2 Å². The molecule has 0 aromatic rings. The van der Waals surface area contributed by atoms with Gasteiger partial charge in [-0.25, -0.2) is 0 Å². The van der Waals surface area contributed by atoms with Crippen LogP contribution in [0.3, 0.4) is 0 Å². The predicted molar refractivity (Wildman–Crippen MR) is 63.0 cm³/mol. The summed E-state index contributed by atoms with van der Waals surface area (Å²) in [6.45, 7) is 5.89. The normalized spacial score (nSPS) is 23.4. The number of nitrogens with zero attached hydrogens (tertiary/aromatic N) is 1. The molecule has 1 saturated heterocycles. The number of nitrogens with one attached hydrogen (secondary N) is 1. The Labute approximate surface area is 105 Å². The Kier molecular flexibility index (Phi) is 5.19. The zero-order valence-corrected chi connectivity index (χ0v) is 10.5. The second-order valence-electron chi connectivity index (χ2n) is 4.59. The summed E-state index contributed by atoms with van der Waals surface area (Å²) in [5.41, 5.74) is 0. The van der Waals surface area contributed by atoms with Gasteiger partial charge in [0, 0.05) is 13.1 Å². The molecule has 1 amide bonds. The van der Waals surface area contributed by atoms with Crippen molar-refractivity contribution in [2.45, 2.75) is 32.0 Å². The molecule has 0 bridgehead atoms. The number of amides is 1. The summed E-state index contributed by atoms with van der Waals surface area (Å²) in [6.07, 6.45) is -2.00. The minimum atomic E-state index is -4.17. The topological polar surface area (TPSA) is 32.3 Å². The molecule has 1 aliphatic rings. The maximum atomic E-state index is 12.6. The van der Waals surface area contributed by atoms with E-state index in [2.05, 4.69) is 11.9 Å². The van der Waals surface area contributed by atoms with E-state index < -0.39 is 18.1 Å². The zero-order valence-electron chi connectivity index (χ0n) is 10.5. The van der Waals surface area contributed by atoms with Gasteiger partial charge in [-0.2, -0.15) is 13.2 Å². The minimum Gasteiger partial charge on any atom is -0.351 e. The summed E-state index contributed by atoms with van der Waals surface area (Å²) in [4.78, 5) is 13.3. The van der Waals surface area contributed by atoms with Gasteiger partial charge in [0.05, 0.1) is 12.0 Å². The molecule has 1 N–H and O–H groups in total. The van der Waals surface area contributed by atoms with Crippen molar-refractivity contribution in [2.24, 2.45) is 5.92 Å². The Balaban J connectivity index is 2.55. The second kappa shape index (κ2) is 6.22. The van der Waals surface area contributed by atoms with Crippen LogP contribution >= 0.6 is 0 Å². The van der Waals surface area contributed by atoms with Crippen molar-refractivity contribution in [3.05, 3.63) is 12.7 Å². The van der Waals surface area contributed by atoms with Gasteiger partial charge in [0.2, 0.25) is 5.91 Å². The van der Waals surface area contributed by atoms with Gasteiger partial charge in [-0.15, -0.1) is 6.58 Å². The highest BCUT2D eigenvalue weighted by Gasteiger charge is 2.43. The fourth-order valence-electron chi connectivity index (χ4n) is 2.11. The van der Waals surface area contributed by atoms with Crippen molar-refractivity contribution < 1.29 is 18.0 Å². The van der Waals surface area contributed by atoms with Gasteiger partial charge in [-0.1, -0.05) is 6.08 Å². The van der Waals surface area contributed by atoms with Crippen molar-refractivity contribution in [1.29, 1.82) is 0 Å². The largest absolute Gasteiger partial charge is 0.393 e. The molecule has 6 heteroatoms. The Morgan fingerprint density at radius 2 is 2.28 bits per heavy atom. The van der Waals surface area contributed by atoms with E-state index in [1.165, 1.54) is 0 Å². The highest BCUT2D eigenvalue weighted by atomic mass is 19.4. The molecule has 104 valence electrons. The fourth-order valence-corrected chi connectivity index (χ4v) is 2.11. The average molecular weight is 264 g/mol. The van der Waals surface area contributed by atoms with Crippen molar-refractivity contribution in [3.63, 3.8) is 0 Å². The molecule has 0 aromatic heterocycles. The molecular formula is C12H19F3N2O. The molecule has 0 spiro atoms. The third kappa shape index (κ3) is 4.01. The first-order valence-corrected chi connectivity index (χ1v) is 6.05. The van der Waals surface area contributed by atoms with Crippen LogP contribution in [-0.4, -0.2) is 42.7 Å². The lowest BCUT2D eigenvalue weighted by Crippen LogP contribution is -2.51. The predicted octanol–water partition coefficient (Wildman–Crippen LogP) is 1.95. The number of carbonyl (C=O) groups is 1. The first-order valence-electron chi connectivity index (χ1n) is 6.05. The molecule has 1 rings (SSSR count). The fraction of sp³-hybridized carbons (Fsp3) is 0.750. The minimum absolute atomic E-state index is 0.0911. The molecule has 1 fully saturated rings. The first kappa shape index (κ1) is 15.0. The van der Waals surface area contributed by atoms with Gasteiger partial charge in [-0.3, -0.25) is 9.69 Å². The van der Waals surface area contributed by atoms with E-state index in [0.29, 0.717) is 19.5 Å². The lowest BCUT2D eigenvalue weighted by molar-refractivity contribution is -0.188. The molecule has 0 aromatic carbocycles. The van der Waals surface area contributed by atoms with Crippen LogP contribution in [0.25, 0.3) is 0 Å². The molecule has 18 heavy (non-hydrogen) atoms. The van der Waals surface area contributed by atoms with Crippen molar-refractivity contribution >= 4 is 5.91 Å². The Bertz CT molecular complexity index is 304. The number of hydrogen-bond donors (Lipinski definition) is 1. The van der Waals surface area contributed by atoms with Crippen LogP contribution in [0, 0.1) is 5.92 Å². The van der Waals surface area contributed by atoms with Crippen molar-refractivity contribution in [3.8, 4) is 0 Å². The summed E-state index contributed by atoms with van der Waals surface area (Å²) in [7, 11) is 0. The number of rotatable bonds is 4. The Hall–Kier alpha value is -1.04. The molecular weight excluding hydrogens is 245 g/mol. The van der Waals surface area contributed by atoms with E-state index in [0.717, 1.165) is 0 Å². The maximum Gasteiger partial charge on any atom is 0.393 e. The monoisotopic (exact) mass is 264 g/mol. The molecule has 0 saturated carbocycles. The summed E-state index contributed by atoms with van der Waals surface area (Å²) >= 11 is 0. The van der Waals surface area contributed by atoms with Gasteiger partial charge in [0.1, 0.15) is 0 Å². The van der Waals surface area contributed by atoms with Crippen LogP contribution in [0.5, 0.6) is 0 Å². The molecule has 1 aliphatic heterocycles. The van der Waals surface area contributed by atoms with Crippen LogP contribution < -0.4 is 5.32 Å². The summed E-state index contributed by atoms with van der Waals surface area (Å²) < 4.78 is 37.9. The standard InChI is InChI=1S/C12H19F3N2O/c1-3-6-16-11(18)9(2)17-7-4-5-10(8-17)12(13,14)15/h3,9-10H,1,4-8H2,2H3,(H,16,18)/t9-,10-/m0/s1. The number of likely N-dealkylation sites (tertiary alicyclic amines) is 1. The summed E-state index contributed by atoms with van der Waals surface area (Å²) in [5.74, 6) is -1.57. The van der Waals surface area contributed by atoms with Gasteiger partial charge >= 0.3 is 6.18 Å². The number of hydrogen-bond acceptors (Lipinski definition) is 2. The highest BCUT2D eigenvalue weighted by Crippen LogP contribution is 2.33. The van der Waals surface area contributed by atoms with E-state index >= 15 is 0 Å². The molecule has 1 heterocycles. The number of carbonyl (C=O) groups excluding carboxylic acids is 1. The van der Waals surface area contributed by atoms with Crippen LogP contribution in [0.1, 0.15) is 19.8 Å². The lowest BCUT2D eigenvalue weighted by Gasteiger charge is -2.36. The SMILES string of the molecule is C=CCNC(=O)[C@H](C)N1CCC[C@H](C(F)(F)F)C1. The third-order valence-electron chi connectivity index (χ3n) is 3.26. The third-order valence-corrected chi connectivity index (χ3v) is 3.26. The second-order valence-corrected chi connectivity index (χ2v) is 4.59.